The van der Waals surface area contributed by atoms with Gasteiger partial charge in [-0.3, -0.25) is 9.48 Å². The molecule has 2 aromatic rings. The van der Waals surface area contributed by atoms with Crippen LogP contribution >= 0.6 is 0 Å². The van der Waals surface area contributed by atoms with Crippen molar-refractivity contribution >= 4 is 5.91 Å². The van der Waals surface area contributed by atoms with Crippen LogP contribution in [0, 0.1) is 5.92 Å². The fourth-order valence-corrected chi connectivity index (χ4v) is 3.50. The number of carbonyl (C=O) groups excluding carboxylic acids is 1. The van der Waals surface area contributed by atoms with E-state index in [9.17, 15) is 4.79 Å². The normalized spacial score (nSPS) is 22.3. The zero-order valence-corrected chi connectivity index (χ0v) is 15.3. The average Bonchev–Trinajstić information content (AvgIpc) is 3.34. The van der Waals surface area contributed by atoms with Crippen molar-refractivity contribution in [2.75, 3.05) is 6.79 Å². The molecule has 1 atom stereocenters. The summed E-state index contributed by atoms with van der Waals surface area (Å²) in [5.74, 6) is 2.21. The monoisotopic (exact) mass is 372 g/mol. The van der Waals surface area contributed by atoms with E-state index in [0.717, 1.165) is 42.9 Å². The Kier molecular flexibility index (Phi) is 5.13. The summed E-state index contributed by atoms with van der Waals surface area (Å²) in [6.45, 7) is 2.71. The predicted molar refractivity (Wildman–Crippen MR) is 96.6 cm³/mol. The van der Waals surface area contributed by atoms with Crippen LogP contribution in [0.2, 0.25) is 0 Å². The molecule has 2 heterocycles. The van der Waals surface area contributed by atoms with Crippen molar-refractivity contribution < 1.29 is 19.0 Å². The van der Waals surface area contributed by atoms with Crippen molar-refractivity contribution in [2.45, 2.75) is 51.3 Å². The van der Waals surface area contributed by atoms with Crippen LogP contribution < -0.4 is 19.5 Å². The summed E-state index contributed by atoms with van der Waals surface area (Å²) in [5, 5.41) is 7.21. The van der Waals surface area contributed by atoms with Gasteiger partial charge < -0.3 is 19.5 Å². The smallest absolute Gasteiger partial charge is 0.231 e. The molecule has 8 nitrogen and oxygen atoms in total. The van der Waals surface area contributed by atoms with E-state index in [2.05, 4.69) is 15.4 Å². The number of hydrogen-bond acceptors (Lipinski definition) is 6. The maximum atomic E-state index is 12.4. The highest BCUT2D eigenvalue weighted by atomic mass is 16.7. The van der Waals surface area contributed by atoms with E-state index >= 15 is 0 Å². The number of rotatable bonds is 6. The Morgan fingerprint density at radius 3 is 2.89 bits per heavy atom. The van der Waals surface area contributed by atoms with Gasteiger partial charge in [-0.1, -0.05) is 6.92 Å². The Bertz CT molecular complexity index is 772. The first-order valence-corrected chi connectivity index (χ1v) is 9.36. The maximum absolute atomic E-state index is 12.4. The zero-order valence-electron chi connectivity index (χ0n) is 15.3. The first-order valence-electron chi connectivity index (χ1n) is 9.36. The third-order valence-corrected chi connectivity index (χ3v) is 5.04. The van der Waals surface area contributed by atoms with E-state index in [1.165, 1.54) is 6.33 Å². The number of fused-ring (bicyclic) bond motifs is 1. The molecule has 0 radical (unpaired) electrons. The number of aromatic nitrogens is 3. The molecule has 0 saturated heterocycles. The summed E-state index contributed by atoms with van der Waals surface area (Å²) < 4.78 is 18.5. The van der Waals surface area contributed by atoms with Gasteiger partial charge in [0.25, 0.3) is 0 Å². The average molecular weight is 372 g/mol. The second-order valence-corrected chi connectivity index (χ2v) is 7.13. The van der Waals surface area contributed by atoms with Crippen molar-refractivity contribution in [3.8, 4) is 17.2 Å². The van der Waals surface area contributed by atoms with Crippen LogP contribution in [0.15, 0.2) is 30.9 Å². The topological polar surface area (TPSA) is 87.5 Å². The molecule has 1 saturated carbocycles. The third-order valence-electron chi connectivity index (χ3n) is 5.04. The van der Waals surface area contributed by atoms with E-state index in [1.807, 2.05) is 25.1 Å². The molecule has 1 unspecified atom stereocenters. The largest absolute Gasteiger partial charge is 0.490 e. The number of amides is 1. The standard InChI is InChI=1S/C19H24N4O4/c1-13(9-23-11-20-10-21-23)19(24)22-14-2-4-15(5-3-14)27-16-6-7-17-18(8-16)26-12-25-17/h6-8,10-11,13-15H,2-5,9,12H2,1H3,(H,22,24). The quantitative estimate of drug-likeness (QED) is 0.836. The Hall–Kier alpha value is -2.77. The number of ether oxygens (including phenoxy) is 3. The summed E-state index contributed by atoms with van der Waals surface area (Å²) in [7, 11) is 0. The molecule has 8 heteroatoms. The van der Waals surface area contributed by atoms with Crippen molar-refractivity contribution in [3.63, 3.8) is 0 Å². The fourth-order valence-electron chi connectivity index (χ4n) is 3.50. The maximum Gasteiger partial charge on any atom is 0.231 e. The lowest BCUT2D eigenvalue weighted by Crippen LogP contribution is -2.42. The molecule has 2 aliphatic rings. The van der Waals surface area contributed by atoms with Gasteiger partial charge in [0.15, 0.2) is 11.5 Å². The molecule has 4 rings (SSSR count). The van der Waals surface area contributed by atoms with E-state index < -0.39 is 0 Å². The second kappa shape index (κ2) is 7.85. The Morgan fingerprint density at radius 2 is 2.11 bits per heavy atom. The van der Waals surface area contributed by atoms with Crippen LogP contribution in [0.5, 0.6) is 17.2 Å². The molecule has 1 aromatic heterocycles. The van der Waals surface area contributed by atoms with Gasteiger partial charge in [-0.05, 0) is 37.8 Å². The number of nitrogens with zero attached hydrogens (tertiary/aromatic N) is 3. The zero-order chi connectivity index (χ0) is 18.6. The first kappa shape index (κ1) is 17.6. The molecule has 1 aliphatic heterocycles. The summed E-state index contributed by atoms with van der Waals surface area (Å²) in [6, 6.07) is 5.86. The predicted octanol–water partition coefficient (Wildman–Crippen LogP) is 2.15. The van der Waals surface area contributed by atoms with Crippen LogP contribution in [0.4, 0.5) is 0 Å². The van der Waals surface area contributed by atoms with E-state index in [1.54, 1.807) is 11.0 Å². The van der Waals surface area contributed by atoms with Gasteiger partial charge in [0, 0.05) is 12.1 Å². The van der Waals surface area contributed by atoms with Gasteiger partial charge in [0.05, 0.1) is 18.6 Å². The number of carbonyl (C=O) groups is 1. The van der Waals surface area contributed by atoms with Crippen LogP contribution in [0.25, 0.3) is 0 Å². The second-order valence-electron chi connectivity index (χ2n) is 7.13. The number of hydrogen-bond donors (Lipinski definition) is 1. The molecular formula is C19H24N4O4. The minimum absolute atomic E-state index is 0.0608. The highest BCUT2D eigenvalue weighted by Gasteiger charge is 2.26. The summed E-state index contributed by atoms with van der Waals surface area (Å²) >= 11 is 0. The lowest BCUT2D eigenvalue weighted by Gasteiger charge is -2.30. The van der Waals surface area contributed by atoms with Crippen LogP contribution in [0.3, 0.4) is 0 Å². The molecule has 0 spiro atoms. The minimum Gasteiger partial charge on any atom is -0.490 e. The van der Waals surface area contributed by atoms with Crippen LogP contribution in [0.1, 0.15) is 32.6 Å². The Labute approximate surface area is 157 Å². The van der Waals surface area contributed by atoms with Crippen LogP contribution in [-0.4, -0.2) is 39.6 Å². The van der Waals surface area contributed by atoms with E-state index in [4.69, 9.17) is 14.2 Å². The summed E-state index contributed by atoms with van der Waals surface area (Å²) in [6.07, 6.45) is 6.92. The Morgan fingerprint density at radius 1 is 1.30 bits per heavy atom. The summed E-state index contributed by atoms with van der Waals surface area (Å²) in [4.78, 5) is 16.3. The molecule has 1 fully saturated rings. The van der Waals surface area contributed by atoms with E-state index in [-0.39, 0.29) is 30.8 Å². The van der Waals surface area contributed by atoms with Crippen molar-refractivity contribution in [2.24, 2.45) is 5.92 Å². The molecular weight excluding hydrogens is 348 g/mol. The molecule has 0 bridgehead atoms. The molecule has 1 aliphatic carbocycles. The van der Waals surface area contributed by atoms with Gasteiger partial charge in [-0.15, -0.1) is 0 Å². The van der Waals surface area contributed by atoms with Crippen molar-refractivity contribution in [1.29, 1.82) is 0 Å². The first-order chi connectivity index (χ1) is 13.2. The van der Waals surface area contributed by atoms with Gasteiger partial charge >= 0.3 is 0 Å². The molecule has 1 amide bonds. The molecule has 1 N–H and O–H groups in total. The fraction of sp³-hybridized carbons (Fsp3) is 0.526. The molecule has 144 valence electrons. The summed E-state index contributed by atoms with van der Waals surface area (Å²) in [5.41, 5.74) is 0. The lowest BCUT2D eigenvalue weighted by molar-refractivity contribution is -0.126. The van der Waals surface area contributed by atoms with Crippen LogP contribution in [-0.2, 0) is 11.3 Å². The van der Waals surface area contributed by atoms with Gasteiger partial charge in [0.2, 0.25) is 12.7 Å². The SMILES string of the molecule is CC(Cn1cncn1)C(=O)NC1CCC(Oc2ccc3c(c2)OCO3)CC1. The number of nitrogens with one attached hydrogen (secondary N) is 1. The molecule has 27 heavy (non-hydrogen) atoms. The minimum atomic E-state index is -0.144. The van der Waals surface area contributed by atoms with Crippen molar-refractivity contribution in [3.05, 3.63) is 30.9 Å². The third kappa shape index (κ3) is 4.32. The molecule has 1 aromatic carbocycles. The number of benzene rings is 1. The van der Waals surface area contributed by atoms with E-state index in [0.29, 0.717) is 6.54 Å². The van der Waals surface area contributed by atoms with Gasteiger partial charge in [-0.2, -0.15) is 5.10 Å². The Balaban J connectivity index is 1.22. The lowest BCUT2D eigenvalue weighted by atomic mass is 9.92. The van der Waals surface area contributed by atoms with Gasteiger partial charge in [0.1, 0.15) is 18.4 Å². The van der Waals surface area contributed by atoms with Gasteiger partial charge in [-0.25, -0.2) is 4.98 Å². The van der Waals surface area contributed by atoms with Crippen molar-refractivity contribution in [1.82, 2.24) is 20.1 Å². The highest BCUT2D eigenvalue weighted by Crippen LogP contribution is 2.36. The highest BCUT2D eigenvalue weighted by molar-refractivity contribution is 5.78.